The highest BCUT2D eigenvalue weighted by molar-refractivity contribution is 6.42. The summed E-state index contributed by atoms with van der Waals surface area (Å²) in [6.07, 6.45) is -0.368. The van der Waals surface area contributed by atoms with Crippen LogP contribution >= 0.6 is 23.2 Å². The van der Waals surface area contributed by atoms with Crippen molar-refractivity contribution in [3.8, 4) is 0 Å². The lowest BCUT2D eigenvalue weighted by atomic mass is 10.1. The monoisotopic (exact) mass is 361 g/mol. The molecule has 0 bridgehead atoms. The van der Waals surface area contributed by atoms with Crippen molar-refractivity contribution >= 4 is 35.3 Å². The van der Waals surface area contributed by atoms with Crippen LogP contribution < -0.4 is 0 Å². The van der Waals surface area contributed by atoms with E-state index in [9.17, 15) is 9.59 Å². The predicted octanol–water partition coefficient (Wildman–Crippen LogP) is 3.94. The summed E-state index contributed by atoms with van der Waals surface area (Å²) in [4.78, 5) is 25.5. The molecule has 0 saturated heterocycles. The number of rotatable bonds is 4. The molecule has 1 aromatic rings. The Kier molecular flexibility index (Phi) is 6.71. The standard InChI is InChI=1S/C16H21Cl2NO4/c1-16(2,3)23-15(21)19(4)13(14(20)22-5)9-10-6-7-11(17)12(18)8-10/h6-8,13H,9H2,1-5H3/t13-/m1/s1. The Hall–Kier alpha value is -1.46. The molecule has 23 heavy (non-hydrogen) atoms. The summed E-state index contributed by atoms with van der Waals surface area (Å²) in [5, 5.41) is 0.804. The summed E-state index contributed by atoms with van der Waals surface area (Å²) >= 11 is 11.9. The van der Waals surface area contributed by atoms with E-state index in [1.807, 2.05) is 0 Å². The minimum Gasteiger partial charge on any atom is -0.467 e. The van der Waals surface area contributed by atoms with Gasteiger partial charge in [0.1, 0.15) is 11.6 Å². The molecule has 0 aliphatic heterocycles. The molecule has 7 heteroatoms. The molecule has 1 aromatic carbocycles. The first-order valence-electron chi connectivity index (χ1n) is 7.02. The molecule has 0 aliphatic rings. The van der Waals surface area contributed by atoms with Gasteiger partial charge in [-0.25, -0.2) is 9.59 Å². The molecule has 1 rings (SSSR count). The Labute approximate surface area is 146 Å². The van der Waals surface area contributed by atoms with Gasteiger partial charge in [-0.1, -0.05) is 29.3 Å². The average molecular weight is 362 g/mol. The van der Waals surface area contributed by atoms with Gasteiger partial charge in [-0.05, 0) is 38.5 Å². The molecule has 1 amide bonds. The fourth-order valence-corrected chi connectivity index (χ4v) is 2.19. The molecule has 0 N–H and O–H groups in total. The van der Waals surface area contributed by atoms with E-state index < -0.39 is 23.7 Å². The van der Waals surface area contributed by atoms with Crippen molar-refractivity contribution in [2.45, 2.75) is 38.8 Å². The van der Waals surface area contributed by atoms with Crippen LogP contribution in [0.5, 0.6) is 0 Å². The van der Waals surface area contributed by atoms with Crippen molar-refractivity contribution in [2.75, 3.05) is 14.2 Å². The van der Waals surface area contributed by atoms with E-state index in [-0.39, 0.29) is 6.42 Å². The molecule has 0 unspecified atom stereocenters. The van der Waals surface area contributed by atoms with Crippen LogP contribution in [0.15, 0.2) is 18.2 Å². The lowest BCUT2D eigenvalue weighted by Crippen LogP contribution is -2.46. The molecular weight excluding hydrogens is 341 g/mol. The summed E-state index contributed by atoms with van der Waals surface area (Å²) in [6.45, 7) is 5.26. The molecule has 1 atom stereocenters. The first kappa shape index (κ1) is 19.6. The normalized spacial score (nSPS) is 12.5. The summed E-state index contributed by atoms with van der Waals surface area (Å²) in [6, 6.07) is 4.21. The van der Waals surface area contributed by atoms with Gasteiger partial charge in [0, 0.05) is 13.5 Å². The van der Waals surface area contributed by atoms with E-state index in [1.165, 1.54) is 19.1 Å². The second-order valence-corrected chi connectivity index (χ2v) is 6.90. The highest BCUT2D eigenvalue weighted by Gasteiger charge is 2.31. The Balaban J connectivity index is 2.97. The molecule has 0 radical (unpaired) electrons. The fourth-order valence-electron chi connectivity index (χ4n) is 1.87. The Morgan fingerprint density at radius 3 is 2.30 bits per heavy atom. The van der Waals surface area contributed by atoms with E-state index in [4.69, 9.17) is 32.7 Å². The first-order valence-corrected chi connectivity index (χ1v) is 7.78. The van der Waals surface area contributed by atoms with Gasteiger partial charge < -0.3 is 9.47 Å². The molecule has 128 valence electrons. The van der Waals surface area contributed by atoms with E-state index in [0.29, 0.717) is 10.0 Å². The van der Waals surface area contributed by atoms with Crippen molar-refractivity contribution in [1.82, 2.24) is 4.90 Å². The fraction of sp³-hybridized carbons (Fsp3) is 0.500. The number of esters is 1. The minimum absolute atomic E-state index is 0.235. The lowest BCUT2D eigenvalue weighted by molar-refractivity contribution is -0.146. The van der Waals surface area contributed by atoms with Gasteiger partial charge in [-0.3, -0.25) is 4.90 Å². The van der Waals surface area contributed by atoms with Crippen LogP contribution in [0, 0.1) is 0 Å². The van der Waals surface area contributed by atoms with Crippen molar-refractivity contribution in [2.24, 2.45) is 0 Å². The predicted molar refractivity (Wildman–Crippen MR) is 90.0 cm³/mol. The van der Waals surface area contributed by atoms with Gasteiger partial charge in [0.2, 0.25) is 0 Å². The third-order valence-electron chi connectivity index (χ3n) is 3.04. The number of hydrogen-bond acceptors (Lipinski definition) is 4. The van der Waals surface area contributed by atoms with Crippen molar-refractivity contribution in [3.05, 3.63) is 33.8 Å². The molecule has 0 aliphatic carbocycles. The molecule has 5 nitrogen and oxygen atoms in total. The number of carbonyl (C=O) groups excluding carboxylic acids is 2. The van der Waals surface area contributed by atoms with E-state index in [1.54, 1.807) is 39.0 Å². The summed E-state index contributed by atoms with van der Waals surface area (Å²) in [5.74, 6) is -0.538. The van der Waals surface area contributed by atoms with Crippen LogP contribution in [-0.4, -0.2) is 42.8 Å². The zero-order chi connectivity index (χ0) is 17.8. The summed E-state index contributed by atoms with van der Waals surface area (Å²) in [5.41, 5.74) is 0.0977. The van der Waals surface area contributed by atoms with Gasteiger partial charge >= 0.3 is 12.1 Å². The van der Waals surface area contributed by atoms with Crippen LogP contribution in [0.4, 0.5) is 4.79 Å². The molecular formula is C16H21Cl2NO4. The van der Waals surface area contributed by atoms with Gasteiger partial charge in [-0.15, -0.1) is 0 Å². The smallest absolute Gasteiger partial charge is 0.410 e. The molecule has 0 spiro atoms. The van der Waals surface area contributed by atoms with Crippen LogP contribution in [0.1, 0.15) is 26.3 Å². The highest BCUT2D eigenvalue weighted by Crippen LogP contribution is 2.24. The number of benzene rings is 1. The number of likely N-dealkylation sites (N-methyl/N-ethyl adjacent to an activating group) is 1. The molecule has 0 aromatic heterocycles. The highest BCUT2D eigenvalue weighted by atomic mass is 35.5. The van der Waals surface area contributed by atoms with Gasteiger partial charge in [0.25, 0.3) is 0 Å². The van der Waals surface area contributed by atoms with E-state index >= 15 is 0 Å². The number of carbonyl (C=O) groups is 2. The maximum Gasteiger partial charge on any atom is 0.410 e. The largest absolute Gasteiger partial charge is 0.467 e. The van der Waals surface area contributed by atoms with Crippen LogP contribution in [0.2, 0.25) is 10.0 Å². The molecule has 0 heterocycles. The molecule has 0 saturated carbocycles. The third kappa shape index (κ3) is 5.92. The van der Waals surface area contributed by atoms with Gasteiger partial charge in [0.05, 0.1) is 17.2 Å². The number of amides is 1. The van der Waals surface area contributed by atoms with Crippen molar-refractivity contribution < 1.29 is 19.1 Å². The second-order valence-electron chi connectivity index (χ2n) is 6.08. The first-order chi connectivity index (χ1) is 10.5. The maximum absolute atomic E-state index is 12.2. The lowest BCUT2D eigenvalue weighted by Gasteiger charge is -2.29. The minimum atomic E-state index is -0.827. The van der Waals surface area contributed by atoms with Crippen molar-refractivity contribution in [3.63, 3.8) is 0 Å². The van der Waals surface area contributed by atoms with Gasteiger partial charge in [-0.2, -0.15) is 0 Å². The van der Waals surface area contributed by atoms with Gasteiger partial charge in [0.15, 0.2) is 0 Å². The summed E-state index contributed by atoms with van der Waals surface area (Å²) in [7, 11) is 2.76. The molecule has 0 fully saturated rings. The number of halogens is 2. The third-order valence-corrected chi connectivity index (χ3v) is 3.77. The van der Waals surface area contributed by atoms with E-state index in [0.717, 1.165) is 5.56 Å². The van der Waals surface area contributed by atoms with Crippen LogP contribution in [0.25, 0.3) is 0 Å². The number of methoxy groups -OCH3 is 1. The summed E-state index contributed by atoms with van der Waals surface area (Å²) < 4.78 is 10.1. The van der Waals surface area contributed by atoms with Crippen LogP contribution in [-0.2, 0) is 20.7 Å². The number of hydrogen-bond donors (Lipinski definition) is 0. The number of ether oxygens (including phenoxy) is 2. The quantitative estimate of drug-likeness (QED) is 0.762. The topological polar surface area (TPSA) is 55.8 Å². The second kappa shape index (κ2) is 7.88. The Morgan fingerprint density at radius 2 is 1.83 bits per heavy atom. The number of nitrogens with zero attached hydrogens (tertiary/aromatic N) is 1. The zero-order valence-electron chi connectivity index (χ0n) is 13.9. The Morgan fingerprint density at radius 1 is 1.22 bits per heavy atom. The Bertz CT molecular complexity index is 584. The average Bonchev–Trinajstić information content (AvgIpc) is 2.45. The van der Waals surface area contributed by atoms with E-state index in [2.05, 4.69) is 0 Å². The SMILES string of the molecule is COC(=O)[C@@H](Cc1ccc(Cl)c(Cl)c1)N(C)C(=O)OC(C)(C)C. The van der Waals surface area contributed by atoms with Crippen molar-refractivity contribution in [1.29, 1.82) is 0 Å². The maximum atomic E-state index is 12.2. The zero-order valence-corrected chi connectivity index (χ0v) is 15.4. The van der Waals surface area contributed by atoms with Crippen LogP contribution in [0.3, 0.4) is 0 Å².